The van der Waals surface area contributed by atoms with E-state index in [1.54, 1.807) is 4.90 Å². The van der Waals surface area contributed by atoms with Crippen LogP contribution in [0.5, 0.6) is 0 Å². The van der Waals surface area contributed by atoms with Gasteiger partial charge in [-0.2, -0.15) is 4.31 Å². The topological polar surface area (TPSA) is 79.0 Å². The minimum Gasteiger partial charge on any atom is -0.384 e. The summed E-state index contributed by atoms with van der Waals surface area (Å²) in [6, 6.07) is 0. The molecule has 0 aliphatic carbocycles. The second kappa shape index (κ2) is 7.03. The zero-order valence-electron chi connectivity index (χ0n) is 10.9. The average molecular weight is 279 g/mol. The van der Waals surface area contributed by atoms with Crippen molar-refractivity contribution in [2.75, 3.05) is 59.2 Å². The Bertz CT molecular complexity index is 365. The van der Waals surface area contributed by atoms with Crippen LogP contribution < -0.4 is 5.32 Å². The van der Waals surface area contributed by atoms with Gasteiger partial charge in [0.1, 0.15) is 0 Å². The molecule has 0 atom stereocenters. The van der Waals surface area contributed by atoms with Gasteiger partial charge in [-0.15, -0.1) is 0 Å². The molecule has 18 heavy (non-hydrogen) atoms. The third kappa shape index (κ3) is 4.52. The number of sulfonamides is 1. The molecule has 1 N–H and O–H groups in total. The summed E-state index contributed by atoms with van der Waals surface area (Å²) in [6.07, 6.45) is 0. The molecule has 106 valence electrons. The van der Waals surface area contributed by atoms with Crippen molar-refractivity contribution in [3.05, 3.63) is 0 Å². The highest BCUT2D eigenvalue weighted by Gasteiger charge is 2.23. The maximum absolute atomic E-state index is 11.9. The summed E-state index contributed by atoms with van der Waals surface area (Å²) in [4.78, 5) is 13.6. The fourth-order valence-corrected chi connectivity index (χ4v) is 2.64. The van der Waals surface area contributed by atoms with Gasteiger partial charge in [-0.25, -0.2) is 8.42 Å². The van der Waals surface area contributed by atoms with E-state index >= 15 is 0 Å². The Hall–Kier alpha value is -0.700. The van der Waals surface area contributed by atoms with Crippen molar-refractivity contribution in [1.29, 1.82) is 0 Å². The number of nitrogens with one attached hydrogen (secondary N) is 1. The number of piperazine rings is 1. The number of rotatable bonds is 6. The van der Waals surface area contributed by atoms with E-state index in [4.69, 9.17) is 4.74 Å². The van der Waals surface area contributed by atoms with Crippen LogP contribution in [-0.4, -0.2) is 82.8 Å². The Morgan fingerprint density at radius 1 is 1.39 bits per heavy atom. The van der Waals surface area contributed by atoms with Crippen LogP contribution >= 0.6 is 0 Å². The van der Waals surface area contributed by atoms with Gasteiger partial charge in [0.15, 0.2) is 0 Å². The number of nitrogens with zero attached hydrogens (tertiary/aromatic N) is 2. The average Bonchev–Trinajstić information content (AvgIpc) is 2.37. The van der Waals surface area contributed by atoms with Gasteiger partial charge >= 0.3 is 0 Å². The predicted octanol–water partition coefficient (Wildman–Crippen LogP) is -1.67. The zero-order chi connectivity index (χ0) is 13.6. The number of methoxy groups -OCH3 is 1. The lowest BCUT2D eigenvalue weighted by Gasteiger charge is -2.29. The Labute approximate surface area is 108 Å². The molecule has 1 amide bonds. The molecule has 1 aliphatic heterocycles. The molecule has 1 heterocycles. The molecule has 0 spiro atoms. The highest BCUT2D eigenvalue weighted by atomic mass is 32.2. The summed E-state index contributed by atoms with van der Waals surface area (Å²) in [5.74, 6) is -0.255. The molecular formula is C10H21N3O4S. The van der Waals surface area contributed by atoms with Crippen molar-refractivity contribution in [3.63, 3.8) is 0 Å². The summed E-state index contributed by atoms with van der Waals surface area (Å²) in [7, 11) is -0.543. The molecule has 1 fully saturated rings. The number of likely N-dealkylation sites (N-methyl/N-ethyl adjacent to an activating group) is 1. The number of hydrogen-bond acceptors (Lipinski definition) is 5. The molecule has 0 saturated carbocycles. The van der Waals surface area contributed by atoms with Gasteiger partial charge in [0.05, 0.1) is 18.9 Å². The normalized spacial score (nSPS) is 17.2. The Balaban J connectivity index is 2.47. The molecule has 0 radical (unpaired) electrons. The smallest absolute Gasteiger partial charge is 0.237 e. The van der Waals surface area contributed by atoms with Gasteiger partial charge in [0, 0.05) is 40.3 Å². The van der Waals surface area contributed by atoms with Crippen LogP contribution in [0.15, 0.2) is 0 Å². The minimum atomic E-state index is -3.41. The van der Waals surface area contributed by atoms with Crippen molar-refractivity contribution in [2.45, 2.75) is 0 Å². The molecule has 0 aromatic heterocycles. The first-order valence-corrected chi connectivity index (χ1v) is 7.49. The van der Waals surface area contributed by atoms with Crippen LogP contribution in [0.4, 0.5) is 0 Å². The van der Waals surface area contributed by atoms with Crippen LogP contribution in [-0.2, 0) is 19.6 Å². The quantitative estimate of drug-likeness (QED) is 0.629. The third-order valence-corrected chi connectivity index (χ3v) is 4.61. The van der Waals surface area contributed by atoms with Crippen LogP contribution in [0.2, 0.25) is 0 Å². The molecule has 0 unspecified atom stereocenters. The lowest BCUT2D eigenvalue weighted by Crippen LogP contribution is -2.50. The summed E-state index contributed by atoms with van der Waals surface area (Å²) in [5, 5.41) is 3.14. The molecule has 0 aromatic carbocycles. The van der Waals surface area contributed by atoms with Crippen molar-refractivity contribution in [3.8, 4) is 0 Å². The van der Waals surface area contributed by atoms with Gasteiger partial charge in [-0.05, 0) is 0 Å². The SMILES string of the molecule is COCCS(=O)(=O)N(C)CC(=O)N1CCNCC1. The van der Waals surface area contributed by atoms with Crippen LogP contribution in [0.1, 0.15) is 0 Å². The lowest BCUT2D eigenvalue weighted by molar-refractivity contribution is -0.131. The molecule has 1 rings (SSSR count). The Morgan fingerprint density at radius 3 is 2.56 bits per heavy atom. The second-order valence-electron chi connectivity index (χ2n) is 4.20. The molecule has 8 heteroatoms. The maximum atomic E-state index is 11.9. The number of ether oxygens (including phenoxy) is 1. The van der Waals surface area contributed by atoms with E-state index < -0.39 is 10.0 Å². The van der Waals surface area contributed by atoms with E-state index in [1.807, 2.05) is 0 Å². The third-order valence-electron chi connectivity index (χ3n) is 2.85. The monoisotopic (exact) mass is 279 g/mol. The Kier molecular flexibility index (Phi) is 6.00. The standard InChI is InChI=1S/C10H21N3O4S/c1-12(18(15,16)8-7-17-2)9-10(14)13-5-3-11-4-6-13/h11H,3-9H2,1-2H3. The van der Waals surface area contributed by atoms with Crippen molar-refractivity contribution in [2.24, 2.45) is 0 Å². The predicted molar refractivity (Wildman–Crippen MR) is 67.7 cm³/mol. The van der Waals surface area contributed by atoms with E-state index in [1.165, 1.54) is 14.2 Å². The second-order valence-corrected chi connectivity index (χ2v) is 6.39. The minimum absolute atomic E-state index is 0.102. The fraction of sp³-hybridized carbons (Fsp3) is 0.900. The largest absolute Gasteiger partial charge is 0.384 e. The highest BCUT2D eigenvalue weighted by molar-refractivity contribution is 7.89. The van der Waals surface area contributed by atoms with E-state index in [0.29, 0.717) is 13.1 Å². The van der Waals surface area contributed by atoms with E-state index in [-0.39, 0.29) is 24.8 Å². The van der Waals surface area contributed by atoms with Crippen molar-refractivity contribution in [1.82, 2.24) is 14.5 Å². The number of amides is 1. The van der Waals surface area contributed by atoms with Gasteiger partial charge in [-0.3, -0.25) is 4.79 Å². The van der Waals surface area contributed by atoms with Gasteiger partial charge in [-0.1, -0.05) is 0 Å². The van der Waals surface area contributed by atoms with E-state index in [2.05, 4.69) is 5.32 Å². The van der Waals surface area contributed by atoms with Crippen molar-refractivity contribution < 1.29 is 17.9 Å². The van der Waals surface area contributed by atoms with Crippen LogP contribution in [0, 0.1) is 0 Å². The molecule has 1 saturated heterocycles. The van der Waals surface area contributed by atoms with Gasteiger partial charge < -0.3 is 15.0 Å². The fourth-order valence-electron chi connectivity index (χ4n) is 1.65. The molecule has 7 nitrogen and oxygen atoms in total. The van der Waals surface area contributed by atoms with Gasteiger partial charge in [0.2, 0.25) is 15.9 Å². The lowest BCUT2D eigenvalue weighted by atomic mass is 10.3. The molecule has 0 aromatic rings. The highest BCUT2D eigenvalue weighted by Crippen LogP contribution is 2.01. The molecule has 0 bridgehead atoms. The molecule has 1 aliphatic rings. The summed E-state index contributed by atoms with van der Waals surface area (Å²) in [5.41, 5.74) is 0. The van der Waals surface area contributed by atoms with Crippen LogP contribution in [0.3, 0.4) is 0 Å². The first-order valence-electron chi connectivity index (χ1n) is 5.89. The number of hydrogen-bond donors (Lipinski definition) is 1. The first-order chi connectivity index (χ1) is 8.47. The maximum Gasteiger partial charge on any atom is 0.237 e. The van der Waals surface area contributed by atoms with E-state index in [0.717, 1.165) is 17.4 Å². The van der Waals surface area contributed by atoms with Crippen molar-refractivity contribution >= 4 is 15.9 Å². The zero-order valence-corrected chi connectivity index (χ0v) is 11.7. The summed E-state index contributed by atoms with van der Waals surface area (Å²) in [6.45, 7) is 2.80. The number of carbonyl (C=O) groups excluding carboxylic acids is 1. The first kappa shape index (κ1) is 15.4. The van der Waals surface area contributed by atoms with Gasteiger partial charge in [0.25, 0.3) is 0 Å². The van der Waals surface area contributed by atoms with Crippen LogP contribution in [0.25, 0.3) is 0 Å². The summed E-state index contributed by atoms with van der Waals surface area (Å²) >= 11 is 0. The summed E-state index contributed by atoms with van der Waals surface area (Å²) < 4.78 is 29.4. The van der Waals surface area contributed by atoms with E-state index in [9.17, 15) is 13.2 Å². The Morgan fingerprint density at radius 2 is 2.00 bits per heavy atom. The molecular weight excluding hydrogens is 258 g/mol. The number of carbonyl (C=O) groups is 1.